The van der Waals surface area contributed by atoms with Crippen molar-refractivity contribution in [1.29, 1.82) is 0 Å². The van der Waals surface area contributed by atoms with Gasteiger partial charge in [-0.05, 0) is 44.0 Å². The van der Waals surface area contributed by atoms with Gasteiger partial charge in [-0.15, -0.1) is 0 Å². The molecule has 0 amide bonds. The first-order valence-corrected chi connectivity index (χ1v) is 10.6. The topological polar surface area (TPSA) is 87.5 Å². The Bertz CT molecular complexity index is 1040. The number of sulfone groups is 1. The van der Waals surface area contributed by atoms with Crippen LogP contribution in [0.25, 0.3) is 0 Å². The van der Waals surface area contributed by atoms with Crippen LogP contribution in [0.1, 0.15) is 47.6 Å². The molecule has 0 aliphatic carbocycles. The van der Waals surface area contributed by atoms with Gasteiger partial charge in [0.25, 0.3) is 0 Å². The van der Waals surface area contributed by atoms with Gasteiger partial charge in [0.05, 0.1) is 20.9 Å². The second-order valence-corrected chi connectivity index (χ2v) is 9.79. The summed E-state index contributed by atoms with van der Waals surface area (Å²) >= 11 is 0. The molecule has 0 saturated carbocycles. The molecule has 1 aliphatic heterocycles. The van der Waals surface area contributed by atoms with Crippen LogP contribution in [-0.2, 0) is 32.2 Å². The molecule has 2 unspecified atom stereocenters. The number of carbonyl (C=O) groups excluding carboxylic acids is 1. The van der Waals surface area contributed by atoms with Gasteiger partial charge in [0.1, 0.15) is 18.5 Å². The van der Waals surface area contributed by atoms with Gasteiger partial charge in [0.2, 0.25) is 0 Å². The van der Waals surface area contributed by atoms with Crippen LogP contribution in [0.2, 0.25) is 0 Å². The largest absolute Gasteiger partial charge is 0.416 e. The first-order valence-electron chi connectivity index (χ1n) is 9.07. The molecule has 1 fully saturated rings. The van der Waals surface area contributed by atoms with Gasteiger partial charge in [-0.2, -0.15) is 18.3 Å². The van der Waals surface area contributed by atoms with Crippen molar-refractivity contribution in [2.24, 2.45) is 0 Å². The van der Waals surface area contributed by atoms with E-state index in [-0.39, 0.29) is 36.8 Å². The zero-order chi connectivity index (χ0) is 22.2. The summed E-state index contributed by atoms with van der Waals surface area (Å²) in [5.74, 6) is 0. The molecule has 1 aliphatic rings. The van der Waals surface area contributed by atoms with Crippen molar-refractivity contribution < 1.29 is 35.9 Å². The molecule has 2 heterocycles. The maximum absolute atomic E-state index is 13.3. The number of alkyl halides is 3. The van der Waals surface area contributed by atoms with Crippen LogP contribution in [-0.4, -0.2) is 42.9 Å². The molecule has 2 aromatic rings. The van der Waals surface area contributed by atoms with E-state index in [0.29, 0.717) is 18.0 Å². The van der Waals surface area contributed by atoms with Crippen molar-refractivity contribution in [3.05, 3.63) is 47.3 Å². The van der Waals surface area contributed by atoms with Gasteiger partial charge in [-0.3, -0.25) is 4.79 Å². The number of nitrogens with zero attached hydrogens (tertiary/aromatic N) is 2. The van der Waals surface area contributed by atoms with Crippen LogP contribution in [0.3, 0.4) is 0 Å². The van der Waals surface area contributed by atoms with E-state index in [2.05, 4.69) is 5.10 Å². The van der Waals surface area contributed by atoms with E-state index < -0.39 is 32.4 Å². The molecule has 0 spiro atoms. The third-order valence-electron chi connectivity index (χ3n) is 5.22. The standard InChI is InChI=1S/C19H21F3N2O5S/c1-18(30(26,27)15-5-3-4-13(8-15)19(20,21)22)6-7-29-17(10-18)16-9-14(11-25)23-24(16)12-28-2/h3-5,8-9,11,17H,6-7,10,12H2,1-2H3. The summed E-state index contributed by atoms with van der Waals surface area (Å²) in [6.07, 6.45) is -4.72. The summed E-state index contributed by atoms with van der Waals surface area (Å²) in [5.41, 5.74) is -0.424. The molecule has 30 heavy (non-hydrogen) atoms. The van der Waals surface area contributed by atoms with Gasteiger partial charge in [-0.1, -0.05) is 6.07 Å². The zero-order valence-corrected chi connectivity index (χ0v) is 17.2. The Hall–Kier alpha value is -2.24. The molecular formula is C19H21F3N2O5S. The fourth-order valence-electron chi connectivity index (χ4n) is 3.52. The summed E-state index contributed by atoms with van der Waals surface area (Å²) in [7, 11) is -2.68. The fourth-order valence-corrected chi connectivity index (χ4v) is 5.35. The Morgan fingerprint density at radius 2 is 2.10 bits per heavy atom. The Labute approximate surface area is 171 Å². The minimum atomic E-state index is -4.65. The van der Waals surface area contributed by atoms with E-state index in [4.69, 9.17) is 9.47 Å². The Balaban J connectivity index is 1.97. The van der Waals surface area contributed by atoms with Crippen LogP contribution in [0.5, 0.6) is 0 Å². The number of benzene rings is 1. The lowest BCUT2D eigenvalue weighted by Crippen LogP contribution is -2.42. The summed E-state index contributed by atoms with van der Waals surface area (Å²) in [5, 5.41) is 4.07. The molecule has 0 N–H and O–H groups in total. The third kappa shape index (κ3) is 4.14. The van der Waals surface area contributed by atoms with Crippen molar-refractivity contribution in [1.82, 2.24) is 9.78 Å². The number of methoxy groups -OCH3 is 1. The summed E-state index contributed by atoms with van der Waals surface area (Å²) in [6.45, 7) is 1.60. The van der Waals surface area contributed by atoms with E-state index in [1.165, 1.54) is 30.8 Å². The normalized spacial score (nSPS) is 22.8. The van der Waals surface area contributed by atoms with Gasteiger partial charge in [0.15, 0.2) is 16.1 Å². The van der Waals surface area contributed by atoms with Gasteiger partial charge >= 0.3 is 6.18 Å². The number of ether oxygens (including phenoxy) is 2. The van der Waals surface area contributed by atoms with Crippen LogP contribution < -0.4 is 0 Å². The molecule has 3 rings (SSSR count). The molecule has 7 nitrogen and oxygen atoms in total. The van der Waals surface area contributed by atoms with Gasteiger partial charge in [0, 0.05) is 13.7 Å². The number of aromatic nitrogens is 2. The highest BCUT2D eigenvalue weighted by molar-refractivity contribution is 7.92. The summed E-state index contributed by atoms with van der Waals surface area (Å²) in [4.78, 5) is 10.7. The second-order valence-electron chi connectivity index (χ2n) is 7.32. The van der Waals surface area contributed by atoms with Crippen LogP contribution in [0, 0.1) is 0 Å². The first-order chi connectivity index (χ1) is 14.0. The molecule has 11 heteroatoms. The number of hydrogen-bond donors (Lipinski definition) is 0. The molecule has 1 saturated heterocycles. The molecular weight excluding hydrogens is 425 g/mol. The molecule has 164 valence electrons. The average Bonchev–Trinajstić information content (AvgIpc) is 3.11. The van der Waals surface area contributed by atoms with Crippen molar-refractivity contribution in [2.45, 2.75) is 48.4 Å². The lowest BCUT2D eigenvalue weighted by atomic mass is 9.94. The van der Waals surface area contributed by atoms with Crippen LogP contribution in [0.4, 0.5) is 13.2 Å². The van der Waals surface area contributed by atoms with Crippen LogP contribution >= 0.6 is 0 Å². The number of hydrogen-bond acceptors (Lipinski definition) is 6. The minimum Gasteiger partial charge on any atom is -0.372 e. The predicted molar refractivity (Wildman–Crippen MR) is 99.6 cm³/mol. The molecule has 0 radical (unpaired) electrons. The molecule has 0 bridgehead atoms. The monoisotopic (exact) mass is 446 g/mol. The lowest BCUT2D eigenvalue weighted by Gasteiger charge is -2.37. The van der Waals surface area contributed by atoms with Crippen molar-refractivity contribution in [3.63, 3.8) is 0 Å². The Morgan fingerprint density at radius 1 is 1.37 bits per heavy atom. The zero-order valence-electron chi connectivity index (χ0n) is 16.3. The van der Waals surface area contributed by atoms with Crippen molar-refractivity contribution in [2.75, 3.05) is 13.7 Å². The van der Waals surface area contributed by atoms with E-state index in [1.54, 1.807) is 0 Å². The minimum absolute atomic E-state index is 0.0146. The quantitative estimate of drug-likeness (QED) is 0.632. The molecule has 2 atom stereocenters. The number of carbonyl (C=O) groups is 1. The first kappa shape index (κ1) is 22.4. The Kier molecular flexibility index (Phi) is 6.08. The van der Waals surface area contributed by atoms with E-state index >= 15 is 0 Å². The van der Waals surface area contributed by atoms with Crippen molar-refractivity contribution in [3.8, 4) is 0 Å². The number of aldehydes is 1. The second kappa shape index (κ2) is 8.12. The molecule has 1 aromatic heterocycles. The maximum atomic E-state index is 13.3. The highest BCUT2D eigenvalue weighted by Crippen LogP contribution is 2.42. The molecule has 1 aromatic carbocycles. The highest BCUT2D eigenvalue weighted by atomic mass is 32.2. The highest BCUT2D eigenvalue weighted by Gasteiger charge is 2.46. The summed E-state index contributed by atoms with van der Waals surface area (Å²) in [6, 6.07) is 5.22. The Morgan fingerprint density at radius 3 is 2.73 bits per heavy atom. The van der Waals surface area contributed by atoms with E-state index in [9.17, 15) is 26.4 Å². The fraction of sp³-hybridized carbons (Fsp3) is 0.474. The van der Waals surface area contributed by atoms with Crippen LogP contribution in [0.15, 0.2) is 35.2 Å². The SMILES string of the molecule is COCn1nc(C=O)cc1C1CC(C)(S(=O)(=O)c2cccc(C(F)(F)F)c2)CCO1. The van der Waals surface area contributed by atoms with E-state index in [0.717, 1.165) is 12.1 Å². The van der Waals surface area contributed by atoms with Crippen molar-refractivity contribution >= 4 is 16.1 Å². The number of rotatable bonds is 6. The smallest absolute Gasteiger partial charge is 0.372 e. The van der Waals surface area contributed by atoms with E-state index in [1.807, 2.05) is 0 Å². The predicted octanol–water partition coefficient (Wildman–Crippen LogP) is 3.40. The third-order valence-corrected chi connectivity index (χ3v) is 7.76. The number of halogens is 3. The maximum Gasteiger partial charge on any atom is 0.416 e. The summed E-state index contributed by atoms with van der Waals surface area (Å²) < 4.78 is 76.6. The lowest BCUT2D eigenvalue weighted by molar-refractivity contribution is -0.137. The average molecular weight is 446 g/mol. The van der Waals surface area contributed by atoms with Gasteiger partial charge in [-0.25, -0.2) is 13.1 Å². The van der Waals surface area contributed by atoms with Gasteiger partial charge < -0.3 is 9.47 Å².